The molecule has 140 valence electrons. The zero-order valence-corrected chi connectivity index (χ0v) is 15.8. The maximum absolute atomic E-state index is 11.4. The zero-order valence-electron chi connectivity index (χ0n) is 15.0. The average Bonchev–Trinajstić information content (AvgIpc) is 3.02. The standard InChI is InChI=1S/C18H22ClN3O4/c1-10(2)6-14(20-11(3)23)18-21-16(22-26-18)9-12-7-13(19)17-15(8-12)24-4-5-25-17/h7-8,10,14H,4-6,9H2,1-3H3,(H,20,23)/t14-/m0/s1. The molecule has 1 aromatic heterocycles. The van der Waals surface area contributed by atoms with Gasteiger partial charge in [-0.15, -0.1) is 0 Å². The Hall–Kier alpha value is -2.28. The van der Waals surface area contributed by atoms with Gasteiger partial charge in [-0.2, -0.15) is 4.98 Å². The van der Waals surface area contributed by atoms with Gasteiger partial charge in [-0.3, -0.25) is 4.79 Å². The summed E-state index contributed by atoms with van der Waals surface area (Å²) >= 11 is 6.27. The second kappa shape index (κ2) is 7.95. The number of carbonyl (C=O) groups excluding carboxylic acids is 1. The number of nitrogens with one attached hydrogen (secondary N) is 1. The fraction of sp³-hybridized carbons (Fsp3) is 0.500. The van der Waals surface area contributed by atoms with Gasteiger partial charge in [0.05, 0.1) is 5.02 Å². The number of halogens is 1. The largest absolute Gasteiger partial charge is 0.486 e. The van der Waals surface area contributed by atoms with Crippen LogP contribution in [0.25, 0.3) is 0 Å². The van der Waals surface area contributed by atoms with Crippen molar-refractivity contribution < 1.29 is 18.8 Å². The van der Waals surface area contributed by atoms with Gasteiger partial charge in [0.15, 0.2) is 17.3 Å². The zero-order chi connectivity index (χ0) is 18.7. The van der Waals surface area contributed by atoms with Gasteiger partial charge in [0, 0.05) is 13.3 Å². The Morgan fingerprint density at radius 2 is 2.08 bits per heavy atom. The second-order valence-electron chi connectivity index (χ2n) is 6.71. The minimum absolute atomic E-state index is 0.131. The Morgan fingerprint density at radius 3 is 2.81 bits per heavy atom. The molecule has 7 nitrogen and oxygen atoms in total. The van der Waals surface area contributed by atoms with Gasteiger partial charge < -0.3 is 19.3 Å². The molecule has 1 aromatic carbocycles. The normalized spacial score (nSPS) is 14.3. The monoisotopic (exact) mass is 379 g/mol. The predicted molar refractivity (Wildman–Crippen MR) is 95.6 cm³/mol. The molecule has 0 radical (unpaired) electrons. The summed E-state index contributed by atoms with van der Waals surface area (Å²) in [5.41, 5.74) is 0.895. The van der Waals surface area contributed by atoms with E-state index in [9.17, 15) is 4.79 Å². The predicted octanol–water partition coefficient (Wildman–Crippen LogP) is 3.31. The fourth-order valence-corrected chi connectivity index (χ4v) is 3.16. The molecule has 1 aliphatic rings. The summed E-state index contributed by atoms with van der Waals surface area (Å²) in [7, 11) is 0. The second-order valence-corrected chi connectivity index (χ2v) is 7.12. The average molecular weight is 380 g/mol. The number of rotatable bonds is 6. The SMILES string of the molecule is CC(=O)N[C@@H](CC(C)C)c1nc(Cc2cc(Cl)c3c(c2)OCCO3)no1. The van der Waals surface area contributed by atoms with Crippen molar-refractivity contribution in [1.82, 2.24) is 15.5 Å². The molecular weight excluding hydrogens is 358 g/mol. The molecule has 26 heavy (non-hydrogen) atoms. The highest BCUT2D eigenvalue weighted by Gasteiger charge is 2.22. The molecular formula is C18H22ClN3O4. The maximum atomic E-state index is 11.4. The Bertz CT molecular complexity index is 791. The highest BCUT2D eigenvalue weighted by Crippen LogP contribution is 2.38. The van der Waals surface area contributed by atoms with Crippen molar-refractivity contribution in [2.24, 2.45) is 5.92 Å². The third kappa shape index (κ3) is 4.46. The van der Waals surface area contributed by atoms with Gasteiger partial charge in [0.2, 0.25) is 11.8 Å². The molecule has 0 aliphatic carbocycles. The van der Waals surface area contributed by atoms with Crippen LogP contribution in [0.5, 0.6) is 11.5 Å². The third-order valence-corrected chi connectivity index (χ3v) is 4.17. The van der Waals surface area contributed by atoms with Crippen LogP contribution in [0, 0.1) is 5.92 Å². The van der Waals surface area contributed by atoms with E-state index in [4.69, 9.17) is 25.6 Å². The van der Waals surface area contributed by atoms with E-state index in [2.05, 4.69) is 29.3 Å². The molecule has 0 bridgehead atoms. The van der Waals surface area contributed by atoms with Crippen LogP contribution in [0.3, 0.4) is 0 Å². The molecule has 0 saturated heterocycles. The highest BCUT2D eigenvalue weighted by atomic mass is 35.5. The fourth-order valence-electron chi connectivity index (χ4n) is 2.87. The summed E-state index contributed by atoms with van der Waals surface area (Å²) in [6, 6.07) is 3.39. The number of aromatic nitrogens is 2. The summed E-state index contributed by atoms with van der Waals surface area (Å²) in [6.07, 6.45) is 1.16. The molecule has 2 aromatic rings. The molecule has 0 saturated carbocycles. The van der Waals surface area contributed by atoms with Gasteiger partial charge in [-0.25, -0.2) is 0 Å². The van der Waals surface area contributed by atoms with E-state index in [-0.39, 0.29) is 11.9 Å². The lowest BCUT2D eigenvalue weighted by Crippen LogP contribution is -2.27. The molecule has 0 spiro atoms. The minimum atomic E-state index is -0.294. The molecule has 1 N–H and O–H groups in total. The molecule has 1 amide bonds. The third-order valence-electron chi connectivity index (χ3n) is 3.89. The molecule has 1 aliphatic heterocycles. The Balaban J connectivity index is 1.77. The summed E-state index contributed by atoms with van der Waals surface area (Å²) in [5, 5.41) is 7.40. The molecule has 3 rings (SSSR count). The van der Waals surface area contributed by atoms with Crippen LogP contribution < -0.4 is 14.8 Å². The first-order chi connectivity index (χ1) is 12.4. The van der Waals surface area contributed by atoms with Gasteiger partial charge in [-0.05, 0) is 30.0 Å². The smallest absolute Gasteiger partial charge is 0.249 e. The van der Waals surface area contributed by atoms with Crippen LogP contribution in [0.4, 0.5) is 0 Å². The topological polar surface area (TPSA) is 86.5 Å². The van der Waals surface area contributed by atoms with E-state index >= 15 is 0 Å². The first kappa shape index (κ1) is 18.5. The summed E-state index contributed by atoms with van der Waals surface area (Å²) in [5.74, 6) is 2.36. The lowest BCUT2D eigenvalue weighted by molar-refractivity contribution is -0.120. The molecule has 2 heterocycles. The number of hydrogen-bond donors (Lipinski definition) is 1. The minimum Gasteiger partial charge on any atom is -0.486 e. The number of carbonyl (C=O) groups is 1. The number of hydrogen-bond acceptors (Lipinski definition) is 6. The Morgan fingerprint density at radius 1 is 1.31 bits per heavy atom. The van der Waals surface area contributed by atoms with Gasteiger partial charge in [0.1, 0.15) is 19.3 Å². The van der Waals surface area contributed by atoms with Gasteiger partial charge >= 0.3 is 0 Å². The molecule has 0 fully saturated rings. The van der Waals surface area contributed by atoms with Gasteiger partial charge in [-0.1, -0.05) is 30.6 Å². The van der Waals surface area contributed by atoms with Crippen LogP contribution in [0.1, 0.15) is 50.5 Å². The van der Waals surface area contributed by atoms with Crippen molar-refractivity contribution in [3.63, 3.8) is 0 Å². The van der Waals surface area contributed by atoms with Gasteiger partial charge in [0.25, 0.3) is 0 Å². The summed E-state index contributed by atoms with van der Waals surface area (Å²) < 4.78 is 16.5. The number of amides is 1. The maximum Gasteiger partial charge on any atom is 0.249 e. The van der Waals surface area contributed by atoms with Crippen molar-refractivity contribution >= 4 is 17.5 Å². The van der Waals surface area contributed by atoms with E-state index in [0.29, 0.717) is 53.8 Å². The number of nitrogens with zero attached hydrogens (tertiary/aromatic N) is 2. The van der Waals surface area contributed by atoms with E-state index in [1.807, 2.05) is 12.1 Å². The quantitative estimate of drug-likeness (QED) is 0.828. The van der Waals surface area contributed by atoms with E-state index < -0.39 is 0 Å². The van der Waals surface area contributed by atoms with Crippen LogP contribution in [0.15, 0.2) is 16.7 Å². The molecule has 1 atom stereocenters. The van der Waals surface area contributed by atoms with E-state index in [0.717, 1.165) is 12.0 Å². The Kier molecular flexibility index (Phi) is 5.66. The van der Waals surface area contributed by atoms with Crippen LogP contribution >= 0.6 is 11.6 Å². The number of fused-ring (bicyclic) bond motifs is 1. The van der Waals surface area contributed by atoms with Crippen LogP contribution in [0.2, 0.25) is 5.02 Å². The Labute approximate surface area is 157 Å². The van der Waals surface area contributed by atoms with E-state index in [1.165, 1.54) is 6.92 Å². The first-order valence-electron chi connectivity index (χ1n) is 8.60. The summed E-state index contributed by atoms with van der Waals surface area (Å²) in [6.45, 7) is 6.60. The number of ether oxygens (including phenoxy) is 2. The van der Waals surface area contributed by atoms with Crippen molar-refractivity contribution in [2.75, 3.05) is 13.2 Å². The van der Waals surface area contributed by atoms with Crippen molar-refractivity contribution in [3.8, 4) is 11.5 Å². The van der Waals surface area contributed by atoms with Crippen LogP contribution in [-0.4, -0.2) is 29.3 Å². The van der Waals surface area contributed by atoms with Crippen molar-refractivity contribution in [3.05, 3.63) is 34.4 Å². The van der Waals surface area contributed by atoms with Crippen LogP contribution in [-0.2, 0) is 11.2 Å². The summed E-state index contributed by atoms with van der Waals surface area (Å²) in [4.78, 5) is 15.9. The van der Waals surface area contributed by atoms with E-state index in [1.54, 1.807) is 0 Å². The lowest BCUT2D eigenvalue weighted by Gasteiger charge is -2.20. The molecule has 8 heteroatoms. The molecule has 0 unspecified atom stereocenters. The lowest BCUT2D eigenvalue weighted by atomic mass is 10.0. The van der Waals surface area contributed by atoms with Crippen molar-refractivity contribution in [1.29, 1.82) is 0 Å². The first-order valence-corrected chi connectivity index (χ1v) is 8.97. The highest BCUT2D eigenvalue weighted by molar-refractivity contribution is 6.32. The number of benzene rings is 1. The van der Waals surface area contributed by atoms with Crippen molar-refractivity contribution in [2.45, 2.75) is 39.7 Å².